The molecule has 6 heterocycles. The fourth-order valence-electron chi connectivity index (χ4n) is 9.78. The summed E-state index contributed by atoms with van der Waals surface area (Å²) in [5.41, 5.74) is 14.8. The standard InChI is InChI=1S/C42H23N3/c1-3-16-34-22(8-1)24-10-5-12-26-30-20-38-32(18-36(30)43(34)40(24)26)28-14-7-15-29-33-19-37-31(21-39(33)45(38)42(28)29)27-13-6-11-25-23-9-2-4-17-35(23)44(37)41(25)27/h1-21,28,42H. The molecule has 0 amide bonds. The van der Waals surface area contributed by atoms with Crippen LogP contribution in [0.4, 0.5) is 11.4 Å². The third-order valence-corrected chi connectivity index (χ3v) is 11.4. The molecular formula is C42H23N3. The molecule has 0 saturated carbocycles. The van der Waals surface area contributed by atoms with E-state index in [0.717, 1.165) is 0 Å². The molecule has 2 aliphatic heterocycles. The minimum Gasteiger partial charge on any atom is -0.332 e. The van der Waals surface area contributed by atoms with E-state index in [2.05, 4.69) is 141 Å². The Morgan fingerprint density at radius 2 is 1.02 bits per heavy atom. The number of aromatic nitrogens is 2. The molecule has 206 valence electrons. The van der Waals surface area contributed by atoms with Gasteiger partial charge in [0.2, 0.25) is 0 Å². The van der Waals surface area contributed by atoms with Gasteiger partial charge in [-0.3, -0.25) is 0 Å². The van der Waals surface area contributed by atoms with Crippen molar-refractivity contribution >= 4 is 93.1 Å². The average Bonchev–Trinajstić information content (AvgIpc) is 3.91. The molecule has 2 atom stereocenters. The van der Waals surface area contributed by atoms with Gasteiger partial charge in [0.05, 0.1) is 44.8 Å². The first kappa shape index (κ1) is 21.8. The first-order chi connectivity index (χ1) is 22.3. The van der Waals surface area contributed by atoms with Gasteiger partial charge in [-0.05, 0) is 47.5 Å². The van der Waals surface area contributed by atoms with Crippen LogP contribution in [-0.2, 0) is 0 Å². The molecule has 1 aliphatic carbocycles. The van der Waals surface area contributed by atoms with Crippen molar-refractivity contribution in [3.63, 3.8) is 0 Å². The topological polar surface area (TPSA) is 12.1 Å². The fraction of sp³-hybridized carbons (Fsp3) is 0.0476. The van der Waals surface area contributed by atoms with E-state index >= 15 is 0 Å². The van der Waals surface area contributed by atoms with Gasteiger partial charge in [-0.15, -0.1) is 0 Å². The van der Waals surface area contributed by atoms with E-state index in [0.29, 0.717) is 12.0 Å². The summed E-state index contributed by atoms with van der Waals surface area (Å²) in [5, 5.41) is 10.7. The molecule has 4 aromatic heterocycles. The summed E-state index contributed by atoms with van der Waals surface area (Å²) in [7, 11) is 0. The Kier molecular flexibility index (Phi) is 3.37. The van der Waals surface area contributed by atoms with Gasteiger partial charge in [-0.25, -0.2) is 0 Å². The van der Waals surface area contributed by atoms with Crippen molar-refractivity contribution in [1.82, 2.24) is 8.80 Å². The lowest BCUT2D eigenvalue weighted by Gasteiger charge is -2.24. The predicted molar refractivity (Wildman–Crippen MR) is 188 cm³/mol. The minimum absolute atomic E-state index is 0.290. The number of benzene rings is 6. The normalized spacial score (nSPS) is 18.7. The summed E-state index contributed by atoms with van der Waals surface area (Å²) >= 11 is 0. The zero-order chi connectivity index (χ0) is 28.7. The molecular weight excluding hydrogens is 546 g/mol. The van der Waals surface area contributed by atoms with Crippen LogP contribution in [0.15, 0.2) is 127 Å². The number of hydrogen-bond acceptors (Lipinski definition) is 1. The van der Waals surface area contributed by atoms with Gasteiger partial charge >= 0.3 is 0 Å². The monoisotopic (exact) mass is 569 g/mol. The molecule has 2 unspecified atom stereocenters. The lowest BCUT2D eigenvalue weighted by molar-refractivity contribution is 0.782. The number of hydrogen-bond donors (Lipinski definition) is 0. The summed E-state index contributed by atoms with van der Waals surface area (Å²) in [6.45, 7) is 0. The van der Waals surface area contributed by atoms with Crippen LogP contribution in [0.3, 0.4) is 0 Å². The number of para-hydroxylation sites is 4. The third kappa shape index (κ3) is 2.22. The summed E-state index contributed by atoms with van der Waals surface area (Å²) in [6, 6.07) is 41.7. The fourth-order valence-corrected chi connectivity index (χ4v) is 9.78. The van der Waals surface area contributed by atoms with Gasteiger partial charge in [-0.2, -0.15) is 0 Å². The quantitative estimate of drug-likeness (QED) is 0.177. The zero-order valence-corrected chi connectivity index (χ0v) is 24.1. The molecule has 3 heteroatoms. The Morgan fingerprint density at radius 1 is 0.467 bits per heavy atom. The number of rotatable bonds is 0. The first-order valence-electron chi connectivity index (χ1n) is 15.9. The maximum atomic E-state index is 2.67. The second-order valence-electron chi connectivity index (χ2n) is 13.3. The number of allylic oxidation sites excluding steroid dienone is 2. The Bertz CT molecular complexity index is 3060. The van der Waals surface area contributed by atoms with Crippen LogP contribution in [0.2, 0.25) is 0 Å². The van der Waals surface area contributed by atoms with E-state index in [1.165, 1.54) is 104 Å². The summed E-state index contributed by atoms with van der Waals surface area (Å²) in [5.74, 6) is 0.319. The summed E-state index contributed by atoms with van der Waals surface area (Å²) in [6.07, 6.45) is 7.10. The van der Waals surface area contributed by atoms with Gasteiger partial charge in [-0.1, -0.05) is 91.0 Å². The van der Waals surface area contributed by atoms with Crippen LogP contribution in [0.1, 0.15) is 17.0 Å². The highest BCUT2D eigenvalue weighted by atomic mass is 15.2. The van der Waals surface area contributed by atoms with E-state index in [1.807, 2.05) is 0 Å². The lowest BCUT2D eigenvalue weighted by atomic mass is 9.84. The van der Waals surface area contributed by atoms with Crippen LogP contribution in [0, 0.1) is 0 Å². The van der Waals surface area contributed by atoms with E-state index in [1.54, 1.807) is 0 Å². The van der Waals surface area contributed by atoms with Gasteiger partial charge in [0, 0.05) is 60.3 Å². The van der Waals surface area contributed by atoms with Crippen molar-refractivity contribution in [2.75, 3.05) is 4.90 Å². The van der Waals surface area contributed by atoms with Crippen LogP contribution in [0.5, 0.6) is 0 Å². The van der Waals surface area contributed by atoms with Gasteiger partial charge < -0.3 is 13.7 Å². The van der Waals surface area contributed by atoms with Crippen molar-refractivity contribution < 1.29 is 0 Å². The van der Waals surface area contributed by atoms with Gasteiger partial charge in [0.25, 0.3) is 0 Å². The Hall–Kier alpha value is -5.80. The first-order valence-corrected chi connectivity index (χ1v) is 15.9. The lowest BCUT2D eigenvalue weighted by Crippen LogP contribution is -2.26. The minimum atomic E-state index is 0.290. The summed E-state index contributed by atoms with van der Waals surface area (Å²) < 4.78 is 5.03. The summed E-state index contributed by atoms with van der Waals surface area (Å²) in [4.78, 5) is 2.67. The van der Waals surface area contributed by atoms with Gasteiger partial charge in [0.15, 0.2) is 0 Å². The maximum absolute atomic E-state index is 2.67. The van der Waals surface area contributed by atoms with Crippen LogP contribution < -0.4 is 4.90 Å². The molecule has 45 heavy (non-hydrogen) atoms. The van der Waals surface area contributed by atoms with Crippen molar-refractivity contribution in [2.24, 2.45) is 0 Å². The third-order valence-electron chi connectivity index (χ3n) is 11.4. The van der Waals surface area contributed by atoms with E-state index in [-0.39, 0.29) is 0 Å². The van der Waals surface area contributed by atoms with Crippen molar-refractivity contribution in [3.05, 3.63) is 139 Å². The van der Waals surface area contributed by atoms with Crippen LogP contribution in [0.25, 0.3) is 81.8 Å². The average molecular weight is 570 g/mol. The number of nitrogens with zero attached hydrogens (tertiary/aromatic N) is 3. The molecule has 6 aromatic carbocycles. The molecule has 0 fully saturated rings. The molecule has 0 saturated heterocycles. The highest BCUT2D eigenvalue weighted by Gasteiger charge is 2.47. The Balaban J connectivity index is 1.15. The van der Waals surface area contributed by atoms with Crippen molar-refractivity contribution in [3.8, 4) is 0 Å². The number of anilines is 2. The Morgan fingerprint density at radius 3 is 1.69 bits per heavy atom. The second kappa shape index (κ2) is 6.95. The molecule has 13 rings (SSSR count). The zero-order valence-electron chi connectivity index (χ0n) is 24.1. The van der Waals surface area contributed by atoms with Crippen molar-refractivity contribution in [2.45, 2.75) is 12.0 Å². The molecule has 3 nitrogen and oxygen atoms in total. The van der Waals surface area contributed by atoms with Crippen LogP contribution in [-0.4, -0.2) is 14.8 Å². The second-order valence-corrected chi connectivity index (χ2v) is 13.3. The molecule has 0 N–H and O–H groups in total. The van der Waals surface area contributed by atoms with Crippen molar-refractivity contribution in [1.29, 1.82) is 0 Å². The molecule has 0 bridgehead atoms. The predicted octanol–water partition coefficient (Wildman–Crippen LogP) is 10.6. The molecule has 0 spiro atoms. The molecule has 10 aromatic rings. The smallest absolute Gasteiger partial charge is 0.0702 e. The highest BCUT2D eigenvalue weighted by molar-refractivity contribution is 6.26. The molecule has 0 radical (unpaired) electrons. The highest BCUT2D eigenvalue weighted by Crippen LogP contribution is 2.60. The van der Waals surface area contributed by atoms with Gasteiger partial charge in [0.1, 0.15) is 0 Å². The Labute approximate surface area is 256 Å². The number of fused-ring (bicyclic) bond motifs is 18. The van der Waals surface area contributed by atoms with E-state index < -0.39 is 0 Å². The van der Waals surface area contributed by atoms with E-state index in [9.17, 15) is 0 Å². The SMILES string of the molecule is C1=CC2c3cc4c(cc3N3c5cc6c7cccc8c9ccccc9n(c6cc5C(=C1)C23)c87)c1cccc2c3ccccc3n4c21. The molecule has 3 aliphatic rings. The largest absolute Gasteiger partial charge is 0.332 e. The maximum Gasteiger partial charge on any atom is 0.0702 e. The van der Waals surface area contributed by atoms with Crippen LogP contribution >= 0.6 is 0 Å². The van der Waals surface area contributed by atoms with E-state index in [4.69, 9.17) is 0 Å².